The van der Waals surface area contributed by atoms with Crippen LogP contribution in [0.2, 0.25) is 0 Å². The molecule has 0 saturated heterocycles. The first-order valence-corrected chi connectivity index (χ1v) is 6.70. The van der Waals surface area contributed by atoms with E-state index in [1.54, 1.807) is 12.1 Å². The van der Waals surface area contributed by atoms with Gasteiger partial charge in [0.25, 0.3) is 0 Å². The number of hydrogen-bond acceptors (Lipinski definition) is 4. The number of anilines is 1. The van der Waals surface area contributed by atoms with Gasteiger partial charge >= 0.3 is 0 Å². The quantitative estimate of drug-likeness (QED) is 0.658. The van der Waals surface area contributed by atoms with Crippen LogP contribution in [0, 0.1) is 0 Å². The van der Waals surface area contributed by atoms with Crippen LogP contribution in [-0.2, 0) is 10.0 Å². The lowest BCUT2D eigenvalue weighted by molar-refractivity contribution is 0.100. The van der Waals surface area contributed by atoms with Gasteiger partial charge in [0.2, 0.25) is 15.9 Å². The van der Waals surface area contributed by atoms with Crippen molar-refractivity contribution in [2.75, 3.05) is 17.0 Å². The second kappa shape index (κ2) is 5.65. The molecular formula is C10H15N3O3S. The third-order valence-corrected chi connectivity index (χ3v) is 3.41. The first-order valence-electron chi connectivity index (χ1n) is 5.05. The molecule has 7 heteroatoms. The second-order valence-electron chi connectivity index (χ2n) is 3.51. The van der Waals surface area contributed by atoms with Gasteiger partial charge in [-0.25, -0.2) is 8.42 Å². The summed E-state index contributed by atoms with van der Waals surface area (Å²) < 4.78 is 25.5. The Hall–Kier alpha value is -1.60. The summed E-state index contributed by atoms with van der Waals surface area (Å²) >= 11 is 0. The number of rotatable bonds is 6. The van der Waals surface area contributed by atoms with Gasteiger partial charge in [0.05, 0.1) is 5.75 Å². The molecule has 0 radical (unpaired) electrons. The zero-order chi connectivity index (χ0) is 12.9. The normalized spacial score (nSPS) is 11.1. The summed E-state index contributed by atoms with van der Waals surface area (Å²) in [6.07, 6.45) is 0.380. The van der Waals surface area contributed by atoms with Crippen molar-refractivity contribution in [3.05, 3.63) is 29.8 Å². The van der Waals surface area contributed by atoms with E-state index < -0.39 is 15.9 Å². The first kappa shape index (κ1) is 13.5. The molecule has 5 N–H and O–H groups in total. The van der Waals surface area contributed by atoms with Gasteiger partial charge in [0.1, 0.15) is 0 Å². The summed E-state index contributed by atoms with van der Waals surface area (Å²) in [5.74, 6) is -0.655. The molecule has 1 aromatic carbocycles. The van der Waals surface area contributed by atoms with E-state index in [-0.39, 0.29) is 11.3 Å². The van der Waals surface area contributed by atoms with Crippen molar-refractivity contribution in [1.82, 2.24) is 0 Å². The van der Waals surface area contributed by atoms with Crippen molar-refractivity contribution in [3.63, 3.8) is 0 Å². The van der Waals surface area contributed by atoms with Crippen LogP contribution in [-0.4, -0.2) is 26.6 Å². The highest BCUT2D eigenvalue weighted by molar-refractivity contribution is 7.92. The fraction of sp³-hybridized carbons (Fsp3) is 0.300. The molecule has 1 aromatic rings. The van der Waals surface area contributed by atoms with E-state index in [9.17, 15) is 13.2 Å². The molecule has 0 aliphatic heterocycles. The molecule has 6 nitrogen and oxygen atoms in total. The summed E-state index contributed by atoms with van der Waals surface area (Å²) in [5, 5.41) is 0. The molecule has 0 unspecified atom stereocenters. The van der Waals surface area contributed by atoms with Crippen LogP contribution in [0.3, 0.4) is 0 Å². The molecule has 17 heavy (non-hydrogen) atoms. The Labute approximate surface area is 100 Å². The number of amides is 1. The van der Waals surface area contributed by atoms with Gasteiger partial charge in [0, 0.05) is 11.3 Å². The number of carbonyl (C=O) groups is 1. The maximum atomic E-state index is 11.6. The van der Waals surface area contributed by atoms with Gasteiger partial charge in [0.15, 0.2) is 0 Å². The topological polar surface area (TPSA) is 115 Å². The van der Waals surface area contributed by atoms with Crippen molar-refractivity contribution in [2.45, 2.75) is 6.42 Å². The number of benzene rings is 1. The molecule has 0 saturated carbocycles. The van der Waals surface area contributed by atoms with Gasteiger partial charge < -0.3 is 11.5 Å². The van der Waals surface area contributed by atoms with E-state index in [0.29, 0.717) is 18.7 Å². The largest absolute Gasteiger partial charge is 0.366 e. The van der Waals surface area contributed by atoms with E-state index in [4.69, 9.17) is 11.5 Å². The number of primary amides is 1. The molecule has 94 valence electrons. The minimum absolute atomic E-state index is 0.0513. The Morgan fingerprint density at radius 3 is 2.65 bits per heavy atom. The second-order valence-corrected chi connectivity index (χ2v) is 5.35. The van der Waals surface area contributed by atoms with Crippen LogP contribution < -0.4 is 16.2 Å². The van der Waals surface area contributed by atoms with Gasteiger partial charge in [-0.1, -0.05) is 6.07 Å². The van der Waals surface area contributed by atoms with Gasteiger partial charge in [-0.05, 0) is 31.2 Å². The smallest absolute Gasteiger partial charge is 0.248 e. The summed E-state index contributed by atoms with van der Waals surface area (Å²) in [6, 6.07) is 6.01. The van der Waals surface area contributed by atoms with Crippen molar-refractivity contribution in [3.8, 4) is 0 Å². The molecule has 0 fully saturated rings. The van der Waals surface area contributed by atoms with E-state index in [1.807, 2.05) is 0 Å². The highest BCUT2D eigenvalue weighted by Crippen LogP contribution is 2.12. The van der Waals surface area contributed by atoms with E-state index in [1.165, 1.54) is 12.1 Å². The minimum Gasteiger partial charge on any atom is -0.366 e. The van der Waals surface area contributed by atoms with Crippen molar-refractivity contribution in [2.24, 2.45) is 11.5 Å². The standard InChI is InChI=1S/C10H15N3O3S/c11-5-2-6-17(15,16)13-9-4-1-3-8(7-9)10(12)14/h1,3-4,7,13H,2,5-6,11H2,(H2,12,14). The zero-order valence-corrected chi connectivity index (χ0v) is 10.0. The number of sulfonamides is 1. The van der Waals surface area contributed by atoms with Crippen LogP contribution in [0.25, 0.3) is 0 Å². The van der Waals surface area contributed by atoms with Crippen LogP contribution >= 0.6 is 0 Å². The average molecular weight is 257 g/mol. The summed E-state index contributed by atoms with van der Waals surface area (Å²) in [5.41, 5.74) is 10.9. The maximum absolute atomic E-state index is 11.6. The SMILES string of the molecule is NCCCS(=O)(=O)Nc1cccc(C(N)=O)c1. The highest BCUT2D eigenvalue weighted by Gasteiger charge is 2.10. The van der Waals surface area contributed by atoms with Crippen molar-refractivity contribution in [1.29, 1.82) is 0 Å². The summed E-state index contributed by atoms with van der Waals surface area (Å²) in [7, 11) is -3.42. The third-order valence-electron chi connectivity index (χ3n) is 2.04. The van der Waals surface area contributed by atoms with Crippen LogP contribution in [0.5, 0.6) is 0 Å². The number of carbonyl (C=O) groups excluding carboxylic acids is 1. The summed E-state index contributed by atoms with van der Waals surface area (Å²) in [4.78, 5) is 10.9. The lowest BCUT2D eigenvalue weighted by Crippen LogP contribution is -2.19. The lowest BCUT2D eigenvalue weighted by Gasteiger charge is -2.08. The lowest BCUT2D eigenvalue weighted by atomic mass is 10.2. The average Bonchev–Trinajstić information content (AvgIpc) is 2.26. The van der Waals surface area contributed by atoms with Crippen LogP contribution in [0.15, 0.2) is 24.3 Å². The predicted molar refractivity (Wildman–Crippen MR) is 66.0 cm³/mol. The highest BCUT2D eigenvalue weighted by atomic mass is 32.2. The Kier molecular flexibility index (Phi) is 4.47. The molecule has 0 aliphatic carbocycles. The molecule has 1 rings (SSSR count). The zero-order valence-electron chi connectivity index (χ0n) is 9.22. The van der Waals surface area contributed by atoms with Gasteiger partial charge in [-0.3, -0.25) is 9.52 Å². The number of nitrogens with two attached hydrogens (primary N) is 2. The number of hydrogen-bond donors (Lipinski definition) is 3. The molecule has 0 bridgehead atoms. The van der Waals surface area contributed by atoms with E-state index >= 15 is 0 Å². The van der Waals surface area contributed by atoms with Crippen molar-refractivity contribution < 1.29 is 13.2 Å². The predicted octanol–water partition coefficient (Wildman–Crippen LogP) is -0.124. The van der Waals surface area contributed by atoms with Gasteiger partial charge in [-0.15, -0.1) is 0 Å². The third kappa shape index (κ3) is 4.41. The fourth-order valence-corrected chi connectivity index (χ4v) is 2.37. The van der Waals surface area contributed by atoms with E-state index in [2.05, 4.69) is 4.72 Å². The van der Waals surface area contributed by atoms with Crippen molar-refractivity contribution >= 4 is 21.6 Å². The fourth-order valence-electron chi connectivity index (χ4n) is 1.24. The van der Waals surface area contributed by atoms with Gasteiger partial charge in [-0.2, -0.15) is 0 Å². The molecule has 0 atom stereocenters. The molecule has 0 heterocycles. The maximum Gasteiger partial charge on any atom is 0.248 e. The van der Waals surface area contributed by atoms with Crippen LogP contribution in [0.1, 0.15) is 16.8 Å². The summed E-state index contributed by atoms with van der Waals surface area (Å²) in [6.45, 7) is 0.308. The minimum atomic E-state index is -3.42. The molecular weight excluding hydrogens is 242 g/mol. The Morgan fingerprint density at radius 2 is 2.06 bits per heavy atom. The van der Waals surface area contributed by atoms with E-state index in [0.717, 1.165) is 0 Å². The number of nitrogens with one attached hydrogen (secondary N) is 1. The Bertz CT molecular complexity index is 499. The molecule has 0 spiro atoms. The first-order chi connectivity index (χ1) is 7.94. The monoisotopic (exact) mass is 257 g/mol. The molecule has 0 aliphatic rings. The Balaban J connectivity index is 2.81. The molecule has 1 amide bonds. The van der Waals surface area contributed by atoms with Crippen LogP contribution in [0.4, 0.5) is 5.69 Å². The molecule has 0 aromatic heterocycles. The Morgan fingerprint density at radius 1 is 1.35 bits per heavy atom.